The molecule has 1 N–H and O–H groups in total. The van der Waals surface area contributed by atoms with Crippen molar-refractivity contribution in [3.8, 4) is 0 Å². The predicted octanol–water partition coefficient (Wildman–Crippen LogP) is 3.35. The molecule has 0 bridgehead atoms. The lowest BCUT2D eigenvalue weighted by atomic mass is 10.2. The molecule has 100 valence electrons. The van der Waals surface area contributed by atoms with E-state index in [1.807, 2.05) is 30.5 Å². The van der Waals surface area contributed by atoms with Gasteiger partial charge < -0.3 is 10.2 Å². The van der Waals surface area contributed by atoms with E-state index in [1.54, 1.807) is 0 Å². The van der Waals surface area contributed by atoms with Crippen LogP contribution in [0, 0.1) is 0 Å². The second-order valence-corrected chi connectivity index (χ2v) is 4.94. The number of rotatable bonds is 5. The van der Waals surface area contributed by atoms with E-state index < -0.39 is 0 Å². The number of nitrogens with zero attached hydrogens (tertiary/aromatic N) is 2. The van der Waals surface area contributed by atoms with E-state index in [9.17, 15) is 0 Å². The summed E-state index contributed by atoms with van der Waals surface area (Å²) < 4.78 is 0. The van der Waals surface area contributed by atoms with Gasteiger partial charge in [0, 0.05) is 37.2 Å². The average molecular weight is 255 g/mol. The largest absolute Gasteiger partial charge is 0.345 e. The van der Waals surface area contributed by atoms with Crippen molar-refractivity contribution in [1.29, 1.82) is 0 Å². The number of hydrogen-bond donors (Lipinski definition) is 1. The molecule has 0 aliphatic heterocycles. The molecular formula is C16H21N3. The predicted molar refractivity (Wildman–Crippen MR) is 80.7 cm³/mol. The number of hydrogen-bond acceptors (Lipinski definition) is 3. The summed E-state index contributed by atoms with van der Waals surface area (Å²) >= 11 is 0. The van der Waals surface area contributed by atoms with Crippen LogP contribution in [0.3, 0.4) is 0 Å². The van der Waals surface area contributed by atoms with Gasteiger partial charge in [-0.2, -0.15) is 0 Å². The number of para-hydroxylation sites is 1. The van der Waals surface area contributed by atoms with Crippen molar-refractivity contribution in [1.82, 2.24) is 10.3 Å². The molecule has 1 aromatic carbocycles. The first-order valence-corrected chi connectivity index (χ1v) is 6.64. The first kappa shape index (κ1) is 13.6. The molecule has 0 saturated heterocycles. The van der Waals surface area contributed by atoms with Crippen LogP contribution in [0.1, 0.15) is 19.5 Å². The van der Waals surface area contributed by atoms with Crippen LogP contribution >= 0.6 is 0 Å². The van der Waals surface area contributed by atoms with Crippen LogP contribution < -0.4 is 10.2 Å². The van der Waals surface area contributed by atoms with Gasteiger partial charge in [-0.3, -0.25) is 4.98 Å². The van der Waals surface area contributed by atoms with Crippen molar-refractivity contribution in [2.75, 3.05) is 11.9 Å². The zero-order chi connectivity index (χ0) is 13.7. The lowest BCUT2D eigenvalue weighted by Crippen LogP contribution is -2.22. The standard InChI is InChI=1S/C16H21N3/c1-13(2)18-12-14-11-16(9-10-17-14)19(3)15-7-5-4-6-8-15/h4-11,13,18H,12H2,1-3H3. The molecular weight excluding hydrogens is 234 g/mol. The Hall–Kier alpha value is -1.87. The maximum atomic E-state index is 4.40. The second-order valence-electron chi connectivity index (χ2n) is 4.94. The Labute approximate surface area is 115 Å². The van der Waals surface area contributed by atoms with Crippen molar-refractivity contribution in [2.45, 2.75) is 26.4 Å². The summed E-state index contributed by atoms with van der Waals surface area (Å²) in [6.45, 7) is 5.08. The van der Waals surface area contributed by atoms with Gasteiger partial charge in [0.1, 0.15) is 0 Å². The van der Waals surface area contributed by atoms with Crippen LogP contribution in [0.5, 0.6) is 0 Å². The maximum Gasteiger partial charge on any atom is 0.0562 e. The van der Waals surface area contributed by atoms with Crippen LogP contribution in [0.2, 0.25) is 0 Å². The van der Waals surface area contributed by atoms with Gasteiger partial charge in [-0.05, 0) is 24.3 Å². The van der Waals surface area contributed by atoms with Crippen molar-refractivity contribution in [3.63, 3.8) is 0 Å². The summed E-state index contributed by atoms with van der Waals surface area (Å²) in [6.07, 6.45) is 1.87. The molecule has 1 aromatic heterocycles. The van der Waals surface area contributed by atoms with Gasteiger partial charge in [0.2, 0.25) is 0 Å². The van der Waals surface area contributed by atoms with Gasteiger partial charge in [0.25, 0.3) is 0 Å². The van der Waals surface area contributed by atoms with Gasteiger partial charge in [-0.1, -0.05) is 32.0 Å². The van der Waals surface area contributed by atoms with Gasteiger partial charge in [-0.15, -0.1) is 0 Å². The lowest BCUT2D eigenvalue weighted by molar-refractivity contribution is 0.581. The van der Waals surface area contributed by atoms with Crippen molar-refractivity contribution >= 4 is 11.4 Å². The molecule has 3 heteroatoms. The van der Waals surface area contributed by atoms with Crippen molar-refractivity contribution < 1.29 is 0 Å². The first-order chi connectivity index (χ1) is 9.16. The third-order valence-electron chi connectivity index (χ3n) is 3.02. The molecule has 0 radical (unpaired) electrons. The monoisotopic (exact) mass is 255 g/mol. The smallest absolute Gasteiger partial charge is 0.0562 e. The summed E-state index contributed by atoms with van der Waals surface area (Å²) in [7, 11) is 2.07. The first-order valence-electron chi connectivity index (χ1n) is 6.64. The van der Waals surface area contributed by atoms with E-state index in [4.69, 9.17) is 0 Å². The Morgan fingerprint density at radius 3 is 2.53 bits per heavy atom. The molecule has 0 spiro atoms. The summed E-state index contributed by atoms with van der Waals surface area (Å²) in [5.74, 6) is 0. The Morgan fingerprint density at radius 1 is 1.11 bits per heavy atom. The summed E-state index contributed by atoms with van der Waals surface area (Å²) in [4.78, 5) is 6.57. The molecule has 2 aromatic rings. The van der Waals surface area contributed by atoms with Gasteiger partial charge in [0.05, 0.1) is 5.69 Å². The van der Waals surface area contributed by atoms with Crippen LogP contribution in [0.4, 0.5) is 11.4 Å². The highest BCUT2D eigenvalue weighted by atomic mass is 15.1. The molecule has 2 rings (SSSR count). The maximum absolute atomic E-state index is 4.40. The van der Waals surface area contributed by atoms with E-state index in [0.717, 1.165) is 17.9 Å². The van der Waals surface area contributed by atoms with E-state index >= 15 is 0 Å². The number of pyridine rings is 1. The Balaban J connectivity index is 2.14. The topological polar surface area (TPSA) is 28.2 Å². The van der Waals surface area contributed by atoms with Crippen LogP contribution in [0.25, 0.3) is 0 Å². The summed E-state index contributed by atoms with van der Waals surface area (Å²) in [5, 5.41) is 3.39. The van der Waals surface area contributed by atoms with E-state index in [-0.39, 0.29) is 0 Å². The number of benzene rings is 1. The normalized spacial score (nSPS) is 10.7. The molecule has 0 aliphatic rings. The van der Waals surface area contributed by atoms with Gasteiger partial charge >= 0.3 is 0 Å². The quantitative estimate of drug-likeness (QED) is 0.888. The summed E-state index contributed by atoms with van der Waals surface area (Å²) in [5.41, 5.74) is 3.40. The van der Waals surface area contributed by atoms with Crippen LogP contribution in [-0.2, 0) is 6.54 Å². The van der Waals surface area contributed by atoms with E-state index in [2.05, 4.69) is 54.3 Å². The molecule has 19 heavy (non-hydrogen) atoms. The fraction of sp³-hybridized carbons (Fsp3) is 0.312. The minimum absolute atomic E-state index is 0.470. The molecule has 3 nitrogen and oxygen atoms in total. The highest BCUT2D eigenvalue weighted by Crippen LogP contribution is 2.22. The number of nitrogens with one attached hydrogen (secondary N) is 1. The molecule has 0 aliphatic carbocycles. The minimum atomic E-state index is 0.470. The number of anilines is 2. The summed E-state index contributed by atoms with van der Waals surface area (Å²) in [6, 6.07) is 15.0. The molecule has 0 saturated carbocycles. The highest BCUT2D eigenvalue weighted by molar-refractivity contribution is 5.62. The third-order valence-corrected chi connectivity index (χ3v) is 3.02. The third kappa shape index (κ3) is 3.80. The fourth-order valence-corrected chi connectivity index (χ4v) is 1.88. The van der Waals surface area contributed by atoms with E-state index in [0.29, 0.717) is 6.04 Å². The van der Waals surface area contributed by atoms with Crippen LogP contribution in [-0.4, -0.2) is 18.1 Å². The number of aromatic nitrogens is 1. The Morgan fingerprint density at radius 2 is 1.84 bits per heavy atom. The molecule has 0 fully saturated rings. The van der Waals surface area contributed by atoms with Crippen molar-refractivity contribution in [3.05, 3.63) is 54.4 Å². The fourth-order valence-electron chi connectivity index (χ4n) is 1.88. The molecule has 0 amide bonds. The molecule has 0 unspecified atom stereocenters. The zero-order valence-corrected chi connectivity index (χ0v) is 11.8. The van der Waals surface area contributed by atoms with Crippen molar-refractivity contribution in [2.24, 2.45) is 0 Å². The van der Waals surface area contributed by atoms with Crippen LogP contribution in [0.15, 0.2) is 48.7 Å². The van der Waals surface area contributed by atoms with Gasteiger partial charge in [0.15, 0.2) is 0 Å². The second kappa shape index (κ2) is 6.34. The van der Waals surface area contributed by atoms with Gasteiger partial charge in [-0.25, -0.2) is 0 Å². The highest BCUT2D eigenvalue weighted by Gasteiger charge is 2.05. The molecule has 1 heterocycles. The zero-order valence-electron chi connectivity index (χ0n) is 11.8. The van der Waals surface area contributed by atoms with E-state index in [1.165, 1.54) is 5.69 Å². The average Bonchev–Trinajstić information content (AvgIpc) is 2.45. The SMILES string of the molecule is CC(C)NCc1cc(N(C)c2ccccc2)ccn1. The Bertz CT molecular complexity index is 508. The molecule has 0 atom stereocenters. The lowest BCUT2D eigenvalue weighted by Gasteiger charge is -2.20. The Kier molecular flexibility index (Phi) is 4.53. The minimum Gasteiger partial charge on any atom is -0.345 e.